The second-order valence-electron chi connectivity index (χ2n) is 6.46. The van der Waals surface area contributed by atoms with Crippen molar-refractivity contribution in [2.75, 3.05) is 40.0 Å². The van der Waals surface area contributed by atoms with Gasteiger partial charge in [0.2, 0.25) is 0 Å². The molecule has 4 nitrogen and oxygen atoms in total. The van der Waals surface area contributed by atoms with Gasteiger partial charge in [-0.3, -0.25) is 4.90 Å². The summed E-state index contributed by atoms with van der Waals surface area (Å²) in [5, 5.41) is 0. The minimum Gasteiger partial charge on any atom is -0.495 e. The molecule has 1 aliphatic heterocycles. The highest BCUT2D eigenvalue weighted by atomic mass is 16.5. The van der Waals surface area contributed by atoms with E-state index < -0.39 is 0 Å². The number of morpholine rings is 1. The van der Waals surface area contributed by atoms with Crippen LogP contribution in [0.3, 0.4) is 0 Å². The monoisotopic (exact) mass is 328 g/mol. The zero-order chi connectivity index (χ0) is 16.9. The third kappa shape index (κ3) is 3.65. The summed E-state index contributed by atoms with van der Waals surface area (Å²) < 4.78 is 13.3. The summed E-state index contributed by atoms with van der Waals surface area (Å²) in [5.74, 6) is 0.916. The predicted octanol–water partition coefficient (Wildman–Crippen LogP) is 3.37. The van der Waals surface area contributed by atoms with E-state index in [0.717, 1.165) is 50.7 Å². The lowest BCUT2D eigenvalue weighted by atomic mass is 10.1. The standard InChI is InChI=1S/C20H28N2O2/c1-16-15-18(7-6-10-21-11-13-24-14-12-21)17(2)22(16)19-8-4-5-9-20(19)23-3/h4-5,8-9,15H,6-7,10-14H2,1-3H3. The number of benzene rings is 1. The van der Waals surface area contributed by atoms with Gasteiger partial charge in [-0.05, 0) is 57.0 Å². The van der Waals surface area contributed by atoms with Crippen molar-refractivity contribution >= 4 is 0 Å². The quantitative estimate of drug-likeness (QED) is 0.813. The molecular weight excluding hydrogens is 300 g/mol. The van der Waals surface area contributed by atoms with Crippen LogP contribution in [0.2, 0.25) is 0 Å². The number of para-hydroxylation sites is 2. The Morgan fingerprint density at radius 3 is 2.62 bits per heavy atom. The molecule has 1 aromatic carbocycles. The lowest BCUT2D eigenvalue weighted by molar-refractivity contribution is 0.0374. The summed E-state index contributed by atoms with van der Waals surface area (Å²) in [5.41, 5.74) is 5.14. The highest BCUT2D eigenvalue weighted by Gasteiger charge is 2.14. The fourth-order valence-electron chi connectivity index (χ4n) is 3.59. The van der Waals surface area contributed by atoms with E-state index in [4.69, 9.17) is 9.47 Å². The Hall–Kier alpha value is -1.78. The van der Waals surface area contributed by atoms with Crippen molar-refractivity contribution in [2.45, 2.75) is 26.7 Å². The molecule has 0 bridgehead atoms. The number of aryl methyl sites for hydroxylation is 2. The first-order valence-corrected chi connectivity index (χ1v) is 8.82. The van der Waals surface area contributed by atoms with E-state index >= 15 is 0 Å². The minimum atomic E-state index is 0.877. The maximum atomic E-state index is 5.54. The summed E-state index contributed by atoms with van der Waals surface area (Å²) in [4.78, 5) is 2.50. The highest BCUT2D eigenvalue weighted by Crippen LogP contribution is 2.28. The molecule has 0 amide bonds. The van der Waals surface area contributed by atoms with Crippen LogP contribution in [0.15, 0.2) is 30.3 Å². The SMILES string of the molecule is COc1ccccc1-n1c(C)cc(CCCN2CCOCC2)c1C. The molecule has 0 N–H and O–H groups in total. The van der Waals surface area contributed by atoms with Gasteiger partial charge < -0.3 is 14.0 Å². The van der Waals surface area contributed by atoms with Crippen molar-refractivity contribution < 1.29 is 9.47 Å². The average Bonchev–Trinajstić information content (AvgIpc) is 2.89. The van der Waals surface area contributed by atoms with Crippen molar-refractivity contribution in [1.29, 1.82) is 0 Å². The molecule has 2 aromatic rings. The fourth-order valence-corrected chi connectivity index (χ4v) is 3.59. The highest BCUT2D eigenvalue weighted by molar-refractivity contribution is 5.50. The summed E-state index contributed by atoms with van der Waals surface area (Å²) in [7, 11) is 1.73. The number of hydrogen-bond acceptors (Lipinski definition) is 3. The zero-order valence-corrected chi connectivity index (χ0v) is 15.0. The van der Waals surface area contributed by atoms with Crippen molar-refractivity contribution in [2.24, 2.45) is 0 Å². The van der Waals surface area contributed by atoms with Gasteiger partial charge in [0.25, 0.3) is 0 Å². The lowest BCUT2D eigenvalue weighted by Gasteiger charge is -2.26. The van der Waals surface area contributed by atoms with Crippen LogP contribution in [0.5, 0.6) is 5.75 Å². The number of rotatable bonds is 6. The van der Waals surface area contributed by atoms with Crippen LogP contribution in [-0.2, 0) is 11.2 Å². The van der Waals surface area contributed by atoms with Gasteiger partial charge in [0.15, 0.2) is 0 Å². The van der Waals surface area contributed by atoms with Gasteiger partial charge in [0.1, 0.15) is 5.75 Å². The molecule has 1 aliphatic rings. The van der Waals surface area contributed by atoms with Crippen LogP contribution in [0.25, 0.3) is 5.69 Å². The van der Waals surface area contributed by atoms with Crippen molar-refractivity contribution in [1.82, 2.24) is 9.47 Å². The first kappa shape index (κ1) is 17.1. The fraction of sp³-hybridized carbons (Fsp3) is 0.500. The second kappa shape index (κ2) is 7.86. The Labute approximate surface area is 145 Å². The average molecular weight is 328 g/mol. The van der Waals surface area contributed by atoms with E-state index in [9.17, 15) is 0 Å². The van der Waals surface area contributed by atoms with Crippen LogP contribution >= 0.6 is 0 Å². The Morgan fingerprint density at radius 1 is 1.12 bits per heavy atom. The number of hydrogen-bond donors (Lipinski definition) is 0. The lowest BCUT2D eigenvalue weighted by Crippen LogP contribution is -2.36. The molecule has 0 radical (unpaired) electrons. The van der Waals surface area contributed by atoms with Gasteiger partial charge in [0, 0.05) is 24.5 Å². The number of methoxy groups -OCH3 is 1. The predicted molar refractivity (Wildman–Crippen MR) is 97.4 cm³/mol. The number of aromatic nitrogens is 1. The molecule has 0 spiro atoms. The third-order valence-electron chi connectivity index (χ3n) is 4.89. The Balaban J connectivity index is 1.72. The smallest absolute Gasteiger partial charge is 0.142 e. The summed E-state index contributed by atoms with van der Waals surface area (Å²) in [6.07, 6.45) is 2.31. The molecule has 0 unspecified atom stereocenters. The first-order valence-electron chi connectivity index (χ1n) is 8.82. The van der Waals surface area contributed by atoms with Crippen LogP contribution in [0.1, 0.15) is 23.4 Å². The largest absolute Gasteiger partial charge is 0.495 e. The van der Waals surface area contributed by atoms with Crippen LogP contribution in [0.4, 0.5) is 0 Å². The molecule has 4 heteroatoms. The Kier molecular flexibility index (Phi) is 5.59. The van der Waals surface area contributed by atoms with Gasteiger partial charge in [-0.15, -0.1) is 0 Å². The van der Waals surface area contributed by atoms with Gasteiger partial charge in [-0.25, -0.2) is 0 Å². The van der Waals surface area contributed by atoms with E-state index in [-0.39, 0.29) is 0 Å². The molecular formula is C20H28N2O2. The maximum Gasteiger partial charge on any atom is 0.142 e. The van der Waals surface area contributed by atoms with Gasteiger partial charge in [0.05, 0.1) is 26.0 Å². The van der Waals surface area contributed by atoms with Crippen molar-refractivity contribution in [3.8, 4) is 11.4 Å². The third-order valence-corrected chi connectivity index (χ3v) is 4.89. The molecule has 1 fully saturated rings. The molecule has 3 rings (SSSR count). The molecule has 0 atom stereocenters. The first-order chi connectivity index (χ1) is 11.7. The maximum absolute atomic E-state index is 5.54. The van der Waals surface area contributed by atoms with Gasteiger partial charge >= 0.3 is 0 Å². The van der Waals surface area contributed by atoms with Gasteiger partial charge in [-0.2, -0.15) is 0 Å². The van der Waals surface area contributed by atoms with Crippen molar-refractivity contribution in [3.05, 3.63) is 47.3 Å². The Bertz CT molecular complexity index is 672. The topological polar surface area (TPSA) is 26.6 Å². The molecule has 0 aliphatic carbocycles. The van der Waals surface area contributed by atoms with Crippen LogP contribution in [0, 0.1) is 13.8 Å². The molecule has 1 saturated heterocycles. The molecule has 24 heavy (non-hydrogen) atoms. The second-order valence-corrected chi connectivity index (χ2v) is 6.46. The minimum absolute atomic E-state index is 0.877. The van der Waals surface area contributed by atoms with Crippen molar-refractivity contribution in [3.63, 3.8) is 0 Å². The molecule has 1 aromatic heterocycles. The molecule has 2 heterocycles. The zero-order valence-electron chi connectivity index (χ0n) is 15.0. The summed E-state index contributed by atoms with van der Waals surface area (Å²) >= 11 is 0. The summed E-state index contributed by atoms with van der Waals surface area (Å²) in [6.45, 7) is 9.43. The molecule has 0 saturated carbocycles. The Morgan fingerprint density at radius 2 is 1.88 bits per heavy atom. The van der Waals surface area contributed by atoms with Gasteiger partial charge in [-0.1, -0.05) is 12.1 Å². The van der Waals surface area contributed by atoms with Crippen LogP contribution in [-0.4, -0.2) is 49.4 Å². The van der Waals surface area contributed by atoms with E-state index in [0.29, 0.717) is 0 Å². The van der Waals surface area contributed by atoms with E-state index in [1.807, 2.05) is 12.1 Å². The normalized spacial score (nSPS) is 15.6. The molecule has 130 valence electrons. The number of nitrogens with zero attached hydrogens (tertiary/aromatic N) is 2. The van der Waals surface area contributed by atoms with Crippen LogP contribution < -0.4 is 4.74 Å². The van der Waals surface area contributed by atoms with E-state index in [2.05, 4.69) is 41.5 Å². The van der Waals surface area contributed by atoms with E-state index in [1.54, 1.807) is 7.11 Å². The van der Waals surface area contributed by atoms with E-state index in [1.165, 1.54) is 23.4 Å². The number of ether oxygens (including phenoxy) is 2. The summed E-state index contributed by atoms with van der Waals surface area (Å²) in [6, 6.07) is 10.5.